The molecule has 0 saturated carbocycles. The standard InChI is InChI=1S/C32H47F3NO8P/c1-23(38)36-31(21-37,22-42-45(39,43-29(2,3)4)44-30(5,6)7)18-17-25-13-16-28(27(20-25)32(33,34)35)41-19-9-10-24-11-14-26(40-8)15-12-24/h11-16,20,37H,9-10,17-19,21-22H2,1-8H3,(H,36,38). The van der Waals surface area contributed by atoms with Crippen LogP contribution in [-0.2, 0) is 41.9 Å². The number of hydrogen-bond donors (Lipinski definition) is 2. The van der Waals surface area contributed by atoms with Crippen LogP contribution in [-0.4, -0.2) is 54.7 Å². The van der Waals surface area contributed by atoms with Crippen molar-refractivity contribution >= 4 is 13.7 Å². The number of phosphoric acid groups is 1. The lowest BCUT2D eigenvalue weighted by Crippen LogP contribution is -2.54. The smallest absolute Gasteiger partial charge is 0.475 e. The summed E-state index contributed by atoms with van der Waals surface area (Å²) >= 11 is 0. The number of ether oxygens (including phenoxy) is 2. The summed E-state index contributed by atoms with van der Waals surface area (Å²) in [6.45, 7) is 10.1. The van der Waals surface area contributed by atoms with Gasteiger partial charge < -0.3 is 19.9 Å². The first kappa shape index (κ1) is 38.6. The monoisotopic (exact) mass is 661 g/mol. The summed E-state index contributed by atoms with van der Waals surface area (Å²) in [5.74, 6) is -0.0978. The molecule has 0 fully saturated rings. The highest BCUT2D eigenvalue weighted by Gasteiger charge is 2.41. The molecular formula is C32H47F3NO8P. The van der Waals surface area contributed by atoms with Crippen LogP contribution in [0.3, 0.4) is 0 Å². The normalized spacial score (nSPS) is 14.1. The third-order valence-electron chi connectivity index (χ3n) is 6.28. The average molecular weight is 662 g/mol. The second kappa shape index (κ2) is 15.8. The lowest BCUT2D eigenvalue weighted by Gasteiger charge is -2.36. The van der Waals surface area contributed by atoms with Gasteiger partial charge in [0.2, 0.25) is 5.91 Å². The number of aliphatic hydroxyl groups excluding tert-OH is 1. The number of aryl methyl sites for hydroxylation is 2. The molecule has 13 heteroatoms. The van der Waals surface area contributed by atoms with Crippen molar-refractivity contribution in [2.75, 3.05) is 26.9 Å². The molecule has 0 radical (unpaired) electrons. The van der Waals surface area contributed by atoms with Gasteiger partial charge in [0, 0.05) is 6.92 Å². The van der Waals surface area contributed by atoms with Gasteiger partial charge in [0.25, 0.3) is 0 Å². The molecule has 1 unspecified atom stereocenters. The van der Waals surface area contributed by atoms with Crippen LogP contribution < -0.4 is 14.8 Å². The molecule has 1 atom stereocenters. The summed E-state index contributed by atoms with van der Waals surface area (Å²) in [6.07, 6.45) is -3.60. The summed E-state index contributed by atoms with van der Waals surface area (Å²) in [5.41, 5.74) is -2.99. The van der Waals surface area contributed by atoms with E-state index >= 15 is 0 Å². The van der Waals surface area contributed by atoms with E-state index in [-0.39, 0.29) is 30.8 Å². The Morgan fingerprint density at radius 1 is 0.911 bits per heavy atom. The number of phosphoric ester groups is 1. The maximum Gasteiger partial charge on any atom is 0.475 e. The van der Waals surface area contributed by atoms with Gasteiger partial charge in [0.05, 0.1) is 49.2 Å². The number of alkyl halides is 3. The van der Waals surface area contributed by atoms with Crippen LogP contribution in [0.15, 0.2) is 42.5 Å². The first-order chi connectivity index (χ1) is 20.7. The Kier molecular flexibility index (Phi) is 13.5. The van der Waals surface area contributed by atoms with Gasteiger partial charge >= 0.3 is 14.0 Å². The maximum absolute atomic E-state index is 14.0. The van der Waals surface area contributed by atoms with Crippen LogP contribution in [0.4, 0.5) is 13.2 Å². The van der Waals surface area contributed by atoms with Gasteiger partial charge in [-0.3, -0.25) is 18.4 Å². The predicted octanol–water partition coefficient (Wildman–Crippen LogP) is 7.28. The van der Waals surface area contributed by atoms with E-state index in [0.29, 0.717) is 12.8 Å². The third-order valence-corrected chi connectivity index (χ3v) is 8.27. The number of rotatable bonds is 16. The molecule has 2 aromatic carbocycles. The van der Waals surface area contributed by atoms with Crippen molar-refractivity contribution in [1.82, 2.24) is 5.32 Å². The fourth-order valence-corrected chi connectivity index (χ4v) is 6.26. The van der Waals surface area contributed by atoms with Crippen molar-refractivity contribution < 1.29 is 50.7 Å². The Morgan fingerprint density at radius 2 is 1.49 bits per heavy atom. The molecule has 1 amide bonds. The summed E-state index contributed by atoms with van der Waals surface area (Å²) in [6, 6.07) is 11.2. The number of halogens is 3. The second-order valence-corrected chi connectivity index (χ2v) is 14.4. The van der Waals surface area contributed by atoms with Crippen LogP contribution in [0.25, 0.3) is 0 Å². The molecule has 254 valence electrons. The zero-order chi connectivity index (χ0) is 34.1. The van der Waals surface area contributed by atoms with Gasteiger partial charge in [0.15, 0.2) is 0 Å². The van der Waals surface area contributed by atoms with Crippen molar-refractivity contribution in [2.24, 2.45) is 0 Å². The Bertz CT molecular complexity index is 1270. The summed E-state index contributed by atoms with van der Waals surface area (Å²) in [4.78, 5) is 12.1. The molecule has 0 aliphatic carbocycles. The van der Waals surface area contributed by atoms with E-state index in [0.717, 1.165) is 17.4 Å². The van der Waals surface area contributed by atoms with Crippen LogP contribution in [0.5, 0.6) is 11.5 Å². The SMILES string of the molecule is COc1ccc(CCCOc2ccc(CCC(CO)(COP(=O)(OC(C)(C)C)OC(C)(C)C)NC(C)=O)cc2C(F)(F)F)cc1. The lowest BCUT2D eigenvalue weighted by molar-refractivity contribution is -0.139. The minimum atomic E-state index is -4.68. The van der Waals surface area contributed by atoms with Crippen molar-refractivity contribution in [3.63, 3.8) is 0 Å². The fraction of sp³-hybridized carbons (Fsp3) is 0.594. The highest BCUT2D eigenvalue weighted by Crippen LogP contribution is 2.55. The van der Waals surface area contributed by atoms with Crippen molar-refractivity contribution in [3.8, 4) is 11.5 Å². The summed E-state index contributed by atoms with van der Waals surface area (Å²) < 4.78 is 83.3. The number of hydrogen-bond acceptors (Lipinski definition) is 8. The van der Waals surface area contributed by atoms with Crippen LogP contribution in [0.1, 0.15) is 78.0 Å². The van der Waals surface area contributed by atoms with Gasteiger partial charge in [-0.05, 0) is 103 Å². The van der Waals surface area contributed by atoms with Crippen molar-refractivity contribution in [3.05, 3.63) is 59.2 Å². The number of amides is 1. The van der Waals surface area contributed by atoms with Gasteiger partial charge in [-0.1, -0.05) is 18.2 Å². The van der Waals surface area contributed by atoms with Crippen LogP contribution in [0, 0.1) is 0 Å². The lowest BCUT2D eigenvalue weighted by atomic mass is 9.92. The van der Waals surface area contributed by atoms with E-state index in [1.165, 1.54) is 19.1 Å². The minimum absolute atomic E-state index is 0.00951. The molecule has 0 aromatic heterocycles. The molecule has 0 saturated heterocycles. The number of carbonyl (C=O) groups excluding carboxylic acids is 1. The molecule has 0 aliphatic rings. The van der Waals surface area contributed by atoms with Gasteiger partial charge in [-0.15, -0.1) is 0 Å². The second-order valence-electron chi connectivity index (χ2n) is 12.9. The molecule has 2 rings (SSSR count). The number of aliphatic hydroxyl groups is 1. The van der Waals surface area contributed by atoms with Gasteiger partial charge in [-0.2, -0.15) is 13.2 Å². The molecule has 0 aliphatic heterocycles. The summed E-state index contributed by atoms with van der Waals surface area (Å²) in [7, 11) is -2.65. The molecule has 45 heavy (non-hydrogen) atoms. The minimum Gasteiger partial charge on any atom is -0.497 e. The molecule has 2 N–H and O–H groups in total. The van der Waals surface area contributed by atoms with Gasteiger partial charge in [-0.25, -0.2) is 4.57 Å². The Morgan fingerprint density at radius 3 is 1.98 bits per heavy atom. The van der Waals surface area contributed by atoms with E-state index in [2.05, 4.69) is 5.32 Å². The third kappa shape index (κ3) is 13.7. The summed E-state index contributed by atoms with van der Waals surface area (Å²) in [5, 5.41) is 13.0. The quantitative estimate of drug-likeness (QED) is 0.143. The number of carbonyl (C=O) groups is 1. The molecular weight excluding hydrogens is 614 g/mol. The Balaban J connectivity index is 2.20. The van der Waals surface area contributed by atoms with E-state index in [9.17, 15) is 27.6 Å². The Labute approximate surface area is 264 Å². The zero-order valence-electron chi connectivity index (χ0n) is 27.4. The molecule has 2 aromatic rings. The zero-order valence-corrected chi connectivity index (χ0v) is 28.3. The largest absolute Gasteiger partial charge is 0.497 e. The van der Waals surface area contributed by atoms with Crippen molar-refractivity contribution in [1.29, 1.82) is 0 Å². The van der Waals surface area contributed by atoms with E-state index in [4.69, 9.17) is 23.0 Å². The average Bonchev–Trinajstić information content (AvgIpc) is 2.90. The topological polar surface area (TPSA) is 113 Å². The van der Waals surface area contributed by atoms with E-state index in [1.54, 1.807) is 48.7 Å². The Hall–Kier alpha value is -2.63. The molecule has 0 spiro atoms. The first-order valence-corrected chi connectivity index (χ1v) is 16.2. The van der Waals surface area contributed by atoms with Crippen molar-refractivity contribution in [2.45, 2.75) is 97.1 Å². The van der Waals surface area contributed by atoms with Crippen LogP contribution in [0.2, 0.25) is 0 Å². The number of methoxy groups -OCH3 is 1. The van der Waals surface area contributed by atoms with E-state index in [1.807, 2.05) is 24.3 Å². The number of benzene rings is 2. The highest BCUT2D eigenvalue weighted by molar-refractivity contribution is 7.48. The van der Waals surface area contributed by atoms with E-state index < -0.39 is 55.4 Å². The molecule has 0 heterocycles. The number of nitrogens with one attached hydrogen (secondary N) is 1. The predicted molar refractivity (Wildman–Crippen MR) is 165 cm³/mol. The van der Waals surface area contributed by atoms with Gasteiger partial charge in [0.1, 0.15) is 11.5 Å². The fourth-order valence-electron chi connectivity index (χ4n) is 4.37. The molecule has 0 bridgehead atoms. The molecule has 9 nitrogen and oxygen atoms in total. The first-order valence-electron chi connectivity index (χ1n) is 14.7. The van der Waals surface area contributed by atoms with Crippen LogP contribution >= 0.6 is 7.82 Å². The maximum atomic E-state index is 14.0. The highest BCUT2D eigenvalue weighted by atomic mass is 31.2.